The van der Waals surface area contributed by atoms with Crippen LogP contribution in [0.3, 0.4) is 0 Å². The molecule has 0 aliphatic heterocycles. The van der Waals surface area contributed by atoms with E-state index in [0.717, 1.165) is 51.4 Å². The molecule has 0 rings (SSSR count). The predicted molar refractivity (Wildman–Crippen MR) is 188 cm³/mol. The SMILES string of the molecule is CCCCCCCCCCCCCCCCCCCCCC(=O)CC(C(=O)CCCCCCC)C(=O)CCCCCCC. The summed E-state index contributed by atoms with van der Waals surface area (Å²) >= 11 is 0. The van der Waals surface area contributed by atoms with E-state index in [4.69, 9.17) is 0 Å². The van der Waals surface area contributed by atoms with Gasteiger partial charge in [-0.1, -0.05) is 188 Å². The Bertz CT molecular complexity index is 599. The van der Waals surface area contributed by atoms with Crippen molar-refractivity contribution in [2.75, 3.05) is 0 Å². The Labute approximate surface area is 269 Å². The Hall–Kier alpha value is -0.990. The van der Waals surface area contributed by atoms with Crippen LogP contribution in [0.25, 0.3) is 0 Å². The molecule has 0 atom stereocenters. The van der Waals surface area contributed by atoms with Crippen LogP contribution in [0, 0.1) is 5.92 Å². The monoisotopic (exact) mass is 605 g/mol. The molecule has 0 spiro atoms. The molecule has 0 aliphatic rings. The molecule has 0 aromatic heterocycles. The maximum absolute atomic E-state index is 13.0. The van der Waals surface area contributed by atoms with Crippen molar-refractivity contribution < 1.29 is 14.4 Å². The van der Waals surface area contributed by atoms with Crippen molar-refractivity contribution in [2.24, 2.45) is 5.92 Å². The van der Waals surface area contributed by atoms with Crippen LogP contribution in [0.2, 0.25) is 0 Å². The normalized spacial score (nSPS) is 11.4. The summed E-state index contributed by atoms with van der Waals surface area (Å²) in [4.78, 5) is 38.7. The average molecular weight is 605 g/mol. The number of carbonyl (C=O) groups excluding carboxylic acids is 3. The minimum absolute atomic E-state index is 0.0246. The van der Waals surface area contributed by atoms with Gasteiger partial charge in [-0.05, 0) is 19.3 Å². The van der Waals surface area contributed by atoms with Gasteiger partial charge >= 0.3 is 0 Å². The van der Waals surface area contributed by atoms with E-state index in [9.17, 15) is 14.4 Å². The number of Topliss-reactive ketones (excluding diaryl/α,β-unsaturated/α-hetero) is 3. The first-order valence-electron chi connectivity index (χ1n) is 19.6. The molecular formula is C40H76O3. The molecule has 254 valence electrons. The lowest BCUT2D eigenvalue weighted by molar-refractivity contribution is -0.136. The van der Waals surface area contributed by atoms with Gasteiger partial charge in [-0.2, -0.15) is 0 Å². The Morgan fingerprint density at radius 3 is 0.837 bits per heavy atom. The number of ketones is 3. The highest BCUT2D eigenvalue weighted by molar-refractivity contribution is 6.05. The first-order chi connectivity index (χ1) is 21.1. The quantitative estimate of drug-likeness (QED) is 0.0528. The Kier molecular flexibility index (Phi) is 33.1. The third-order valence-electron chi connectivity index (χ3n) is 9.32. The van der Waals surface area contributed by atoms with Gasteiger partial charge < -0.3 is 0 Å². The van der Waals surface area contributed by atoms with Crippen LogP contribution in [0.5, 0.6) is 0 Å². The molecule has 0 aliphatic carbocycles. The predicted octanol–water partition coefficient (Wildman–Crippen LogP) is 13.2. The minimum Gasteiger partial charge on any atom is -0.300 e. The number of carbonyl (C=O) groups is 3. The van der Waals surface area contributed by atoms with Crippen molar-refractivity contribution in [1.29, 1.82) is 0 Å². The van der Waals surface area contributed by atoms with E-state index in [0.29, 0.717) is 19.3 Å². The highest BCUT2D eigenvalue weighted by Gasteiger charge is 2.27. The summed E-state index contributed by atoms with van der Waals surface area (Å²) in [5.41, 5.74) is 0. The van der Waals surface area contributed by atoms with Gasteiger partial charge in [0.2, 0.25) is 0 Å². The van der Waals surface area contributed by atoms with Crippen LogP contribution in [-0.2, 0) is 14.4 Å². The van der Waals surface area contributed by atoms with Gasteiger partial charge in [-0.15, -0.1) is 0 Å². The molecule has 0 saturated carbocycles. The lowest BCUT2D eigenvalue weighted by Gasteiger charge is -2.15. The number of hydrogen-bond acceptors (Lipinski definition) is 3. The zero-order chi connectivity index (χ0) is 31.6. The van der Waals surface area contributed by atoms with Crippen molar-refractivity contribution in [3.8, 4) is 0 Å². The fourth-order valence-corrected chi connectivity index (χ4v) is 6.29. The van der Waals surface area contributed by atoms with Crippen LogP contribution in [0.15, 0.2) is 0 Å². The molecule has 0 fully saturated rings. The molecule has 43 heavy (non-hydrogen) atoms. The molecular weight excluding hydrogens is 528 g/mol. The first kappa shape index (κ1) is 42.0. The molecule has 3 heteroatoms. The van der Waals surface area contributed by atoms with E-state index in [2.05, 4.69) is 20.8 Å². The van der Waals surface area contributed by atoms with Gasteiger partial charge in [-0.25, -0.2) is 0 Å². The summed E-state index contributed by atoms with van der Waals surface area (Å²) in [6.45, 7) is 6.66. The zero-order valence-corrected chi connectivity index (χ0v) is 29.6. The third kappa shape index (κ3) is 29.5. The number of unbranched alkanes of at least 4 members (excludes halogenated alkanes) is 26. The number of hydrogen-bond donors (Lipinski definition) is 0. The molecule has 0 bridgehead atoms. The topological polar surface area (TPSA) is 51.2 Å². The summed E-state index contributed by atoms with van der Waals surface area (Å²) < 4.78 is 0. The van der Waals surface area contributed by atoms with Gasteiger partial charge in [-0.3, -0.25) is 14.4 Å². The second-order valence-electron chi connectivity index (χ2n) is 13.7. The average Bonchev–Trinajstić information content (AvgIpc) is 3.00. The van der Waals surface area contributed by atoms with Gasteiger partial charge in [0.05, 0.1) is 5.92 Å². The van der Waals surface area contributed by atoms with E-state index in [1.54, 1.807) is 0 Å². The molecule has 0 amide bonds. The molecule has 0 saturated heterocycles. The van der Waals surface area contributed by atoms with Crippen molar-refractivity contribution >= 4 is 17.3 Å². The molecule has 0 aromatic rings. The van der Waals surface area contributed by atoms with Crippen LogP contribution in [-0.4, -0.2) is 17.3 Å². The summed E-state index contributed by atoms with van der Waals surface area (Å²) in [7, 11) is 0. The van der Waals surface area contributed by atoms with Crippen LogP contribution < -0.4 is 0 Å². The van der Waals surface area contributed by atoms with Crippen LogP contribution >= 0.6 is 0 Å². The van der Waals surface area contributed by atoms with Gasteiger partial charge in [0.15, 0.2) is 0 Å². The maximum Gasteiger partial charge on any atom is 0.143 e. The smallest absolute Gasteiger partial charge is 0.143 e. The van der Waals surface area contributed by atoms with Gasteiger partial charge in [0.1, 0.15) is 17.3 Å². The summed E-state index contributed by atoms with van der Waals surface area (Å²) in [6, 6.07) is 0. The highest BCUT2D eigenvalue weighted by atomic mass is 16.2. The van der Waals surface area contributed by atoms with Crippen molar-refractivity contribution in [3.63, 3.8) is 0 Å². The lowest BCUT2D eigenvalue weighted by Crippen LogP contribution is -2.27. The molecule has 3 nitrogen and oxygen atoms in total. The van der Waals surface area contributed by atoms with E-state index in [-0.39, 0.29) is 23.8 Å². The second kappa shape index (κ2) is 33.9. The third-order valence-corrected chi connectivity index (χ3v) is 9.32. The highest BCUT2D eigenvalue weighted by Crippen LogP contribution is 2.20. The molecule has 0 N–H and O–H groups in total. The summed E-state index contributed by atoms with van der Waals surface area (Å²) in [5.74, 6) is -0.506. The van der Waals surface area contributed by atoms with Crippen molar-refractivity contribution in [2.45, 2.75) is 233 Å². The van der Waals surface area contributed by atoms with Crippen molar-refractivity contribution in [3.05, 3.63) is 0 Å². The summed E-state index contributed by atoms with van der Waals surface area (Å²) in [6.07, 6.45) is 38.0. The second-order valence-corrected chi connectivity index (χ2v) is 13.7. The van der Waals surface area contributed by atoms with E-state index in [1.165, 1.54) is 135 Å². The van der Waals surface area contributed by atoms with Gasteiger partial charge in [0, 0.05) is 25.7 Å². The van der Waals surface area contributed by atoms with E-state index < -0.39 is 5.92 Å². The lowest BCUT2D eigenvalue weighted by atomic mass is 9.87. The van der Waals surface area contributed by atoms with E-state index >= 15 is 0 Å². The first-order valence-corrected chi connectivity index (χ1v) is 19.6. The Morgan fingerprint density at radius 2 is 0.558 bits per heavy atom. The molecule has 0 radical (unpaired) electrons. The molecule has 0 aromatic carbocycles. The van der Waals surface area contributed by atoms with E-state index in [1.807, 2.05) is 0 Å². The fourth-order valence-electron chi connectivity index (χ4n) is 6.29. The maximum atomic E-state index is 13.0. The van der Waals surface area contributed by atoms with Gasteiger partial charge in [0.25, 0.3) is 0 Å². The Morgan fingerprint density at radius 1 is 0.326 bits per heavy atom. The standard InChI is InChI=1S/C40H76O3/c1-4-7-10-13-14-15-16-17-18-19-20-21-22-23-24-25-26-29-30-33-37(41)36-38(39(42)34-31-27-11-8-5-2)40(43)35-32-28-12-9-6-3/h38H,4-36H2,1-3H3. The zero-order valence-electron chi connectivity index (χ0n) is 29.6. The van der Waals surface area contributed by atoms with Crippen molar-refractivity contribution in [1.82, 2.24) is 0 Å². The minimum atomic E-state index is -0.676. The number of rotatable bonds is 36. The van der Waals surface area contributed by atoms with Crippen LogP contribution in [0.4, 0.5) is 0 Å². The summed E-state index contributed by atoms with van der Waals surface area (Å²) in [5, 5.41) is 0. The largest absolute Gasteiger partial charge is 0.300 e. The molecule has 0 heterocycles. The fraction of sp³-hybridized carbons (Fsp3) is 0.925. The van der Waals surface area contributed by atoms with Crippen LogP contribution in [0.1, 0.15) is 233 Å². The molecule has 0 unspecified atom stereocenters. The Balaban J connectivity index is 3.93.